The van der Waals surface area contributed by atoms with Gasteiger partial charge in [0.15, 0.2) is 5.01 Å². The Labute approximate surface area is 214 Å². The second kappa shape index (κ2) is 12.5. The van der Waals surface area contributed by atoms with Gasteiger partial charge in [-0.25, -0.2) is 9.78 Å². The van der Waals surface area contributed by atoms with Gasteiger partial charge in [0.2, 0.25) is 0 Å². The first-order chi connectivity index (χ1) is 17.1. The lowest BCUT2D eigenvalue weighted by molar-refractivity contribution is -0.137. The molecule has 1 heterocycles. The summed E-state index contributed by atoms with van der Waals surface area (Å²) in [5.41, 5.74) is 0.809. The van der Waals surface area contributed by atoms with E-state index in [2.05, 4.69) is 9.72 Å². The molecule has 194 valence electrons. The number of aliphatic hydroxyl groups excluding tert-OH is 2. The lowest BCUT2D eigenvalue weighted by Gasteiger charge is -2.27. The standard InChI is InChI=1S/C24H24ClF3N2O5S/c1-34-22(33)15-5-7-18(8-6-15)35-10-9-30(12-20(31)16-3-2-4-17(25)11-16)13-21(32)19-14-36-23(29-19)24(26,27)28/h2-8,11,14,20-21,31-32H,9-10,12-13H2,1H3. The van der Waals surface area contributed by atoms with Crippen molar-refractivity contribution in [1.29, 1.82) is 0 Å². The predicted molar refractivity (Wildman–Crippen MR) is 128 cm³/mol. The minimum Gasteiger partial charge on any atom is -0.492 e. The number of carbonyl (C=O) groups excluding carboxylic acids is 1. The Morgan fingerprint density at radius 3 is 2.44 bits per heavy atom. The van der Waals surface area contributed by atoms with Crippen molar-refractivity contribution in [3.63, 3.8) is 0 Å². The van der Waals surface area contributed by atoms with Gasteiger partial charge in [-0.15, -0.1) is 11.3 Å². The van der Waals surface area contributed by atoms with Crippen LogP contribution >= 0.6 is 22.9 Å². The summed E-state index contributed by atoms with van der Waals surface area (Å²) in [5, 5.41) is 21.8. The number of esters is 1. The van der Waals surface area contributed by atoms with E-state index < -0.39 is 29.4 Å². The van der Waals surface area contributed by atoms with E-state index in [0.29, 0.717) is 33.2 Å². The van der Waals surface area contributed by atoms with Crippen LogP contribution in [0.3, 0.4) is 0 Å². The average molecular weight is 545 g/mol. The van der Waals surface area contributed by atoms with E-state index in [1.807, 2.05) is 0 Å². The van der Waals surface area contributed by atoms with Crippen molar-refractivity contribution in [2.75, 3.05) is 33.4 Å². The van der Waals surface area contributed by atoms with Gasteiger partial charge in [-0.3, -0.25) is 4.90 Å². The summed E-state index contributed by atoms with van der Waals surface area (Å²) < 4.78 is 49.1. The molecule has 3 rings (SSSR count). The van der Waals surface area contributed by atoms with E-state index in [9.17, 15) is 28.2 Å². The van der Waals surface area contributed by atoms with Gasteiger partial charge in [0, 0.05) is 30.0 Å². The molecule has 12 heteroatoms. The lowest BCUT2D eigenvalue weighted by Crippen LogP contribution is -2.36. The molecule has 0 aliphatic heterocycles. The molecule has 2 N–H and O–H groups in total. The van der Waals surface area contributed by atoms with Gasteiger partial charge in [-0.1, -0.05) is 23.7 Å². The van der Waals surface area contributed by atoms with E-state index in [0.717, 1.165) is 0 Å². The van der Waals surface area contributed by atoms with Crippen LogP contribution in [-0.4, -0.2) is 59.4 Å². The van der Waals surface area contributed by atoms with Gasteiger partial charge in [0.05, 0.1) is 24.5 Å². The third kappa shape index (κ3) is 7.90. The van der Waals surface area contributed by atoms with E-state index >= 15 is 0 Å². The molecule has 2 aromatic carbocycles. The van der Waals surface area contributed by atoms with Crippen molar-refractivity contribution < 1.29 is 37.7 Å². The maximum atomic E-state index is 12.9. The molecule has 2 atom stereocenters. The zero-order valence-electron chi connectivity index (χ0n) is 19.1. The van der Waals surface area contributed by atoms with Crippen LogP contribution in [0, 0.1) is 0 Å². The monoisotopic (exact) mass is 544 g/mol. The van der Waals surface area contributed by atoms with Crippen LogP contribution in [0.4, 0.5) is 13.2 Å². The molecule has 0 saturated carbocycles. The highest BCUT2D eigenvalue weighted by Crippen LogP contribution is 2.33. The van der Waals surface area contributed by atoms with Crippen LogP contribution < -0.4 is 4.74 Å². The molecule has 0 saturated heterocycles. The molecule has 36 heavy (non-hydrogen) atoms. The molecule has 0 aliphatic carbocycles. The van der Waals surface area contributed by atoms with Gasteiger partial charge in [0.25, 0.3) is 0 Å². The first-order valence-electron chi connectivity index (χ1n) is 10.7. The smallest absolute Gasteiger partial charge is 0.443 e. The summed E-state index contributed by atoms with van der Waals surface area (Å²) in [7, 11) is 1.28. The van der Waals surface area contributed by atoms with Gasteiger partial charge < -0.3 is 19.7 Å². The second-order valence-corrected chi connectivity index (χ2v) is 9.08. The Kier molecular flexibility index (Phi) is 9.69. The second-order valence-electron chi connectivity index (χ2n) is 7.79. The summed E-state index contributed by atoms with van der Waals surface area (Å²) in [6.45, 7) is 0.322. The molecule has 2 unspecified atom stereocenters. The number of methoxy groups -OCH3 is 1. The number of aliphatic hydroxyl groups is 2. The summed E-state index contributed by atoms with van der Waals surface area (Å²) in [6, 6.07) is 12.9. The van der Waals surface area contributed by atoms with E-state index in [-0.39, 0.29) is 31.9 Å². The minimum absolute atomic E-state index is 0.0539. The van der Waals surface area contributed by atoms with Crippen LogP contribution in [0.5, 0.6) is 5.75 Å². The molecule has 1 aromatic heterocycles. The Balaban J connectivity index is 1.67. The number of aromatic nitrogens is 1. The molecule has 7 nitrogen and oxygen atoms in total. The number of hydrogen-bond acceptors (Lipinski definition) is 8. The third-order valence-electron chi connectivity index (χ3n) is 5.15. The normalized spacial score (nSPS) is 13.4. The molecular weight excluding hydrogens is 521 g/mol. The van der Waals surface area contributed by atoms with Gasteiger partial charge in [0.1, 0.15) is 18.5 Å². The number of rotatable bonds is 11. The Morgan fingerprint density at radius 1 is 1.14 bits per heavy atom. The molecule has 3 aromatic rings. The van der Waals surface area contributed by atoms with Gasteiger partial charge >= 0.3 is 12.1 Å². The van der Waals surface area contributed by atoms with Crippen LogP contribution in [0.2, 0.25) is 5.02 Å². The first-order valence-corrected chi connectivity index (χ1v) is 12.0. The average Bonchev–Trinajstić information content (AvgIpc) is 3.35. The number of halogens is 4. The lowest BCUT2D eigenvalue weighted by atomic mass is 10.1. The number of benzene rings is 2. The number of hydrogen-bond donors (Lipinski definition) is 2. The molecular formula is C24H24ClF3N2O5S. The molecule has 0 bridgehead atoms. The van der Waals surface area contributed by atoms with Gasteiger partial charge in [-0.2, -0.15) is 13.2 Å². The van der Waals surface area contributed by atoms with E-state index in [1.54, 1.807) is 53.4 Å². The Hall–Kier alpha value is -2.70. The van der Waals surface area contributed by atoms with Gasteiger partial charge in [-0.05, 0) is 42.0 Å². The fourth-order valence-corrected chi connectivity index (χ4v) is 4.26. The molecule has 0 radical (unpaired) electrons. The Morgan fingerprint density at radius 2 is 1.83 bits per heavy atom. The van der Waals surface area contributed by atoms with Crippen molar-refractivity contribution in [2.24, 2.45) is 0 Å². The quantitative estimate of drug-likeness (QED) is 0.337. The zero-order valence-corrected chi connectivity index (χ0v) is 20.7. The topological polar surface area (TPSA) is 92.1 Å². The summed E-state index contributed by atoms with van der Waals surface area (Å²) in [5.74, 6) is 0.000275. The highest BCUT2D eigenvalue weighted by atomic mass is 35.5. The first kappa shape index (κ1) is 27.9. The predicted octanol–water partition coefficient (Wildman–Crippen LogP) is 4.75. The van der Waals surface area contributed by atoms with E-state index in [4.69, 9.17) is 16.3 Å². The van der Waals surface area contributed by atoms with Crippen molar-refractivity contribution >= 4 is 28.9 Å². The highest BCUT2D eigenvalue weighted by Gasteiger charge is 2.35. The fourth-order valence-electron chi connectivity index (χ4n) is 3.33. The Bertz CT molecular complexity index is 1140. The molecule has 0 aliphatic rings. The molecule has 0 amide bonds. The number of nitrogens with zero attached hydrogens (tertiary/aromatic N) is 2. The molecule has 0 spiro atoms. The van der Waals surface area contributed by atoms with Crippen molar-refractivity contribution in [3.05, 3.63) is 80.8 Å². The van der Waals surface area contributed by atoms with Crippen LogP contribution in [0.25, 0.3) is 0 Å². The molecule has 0 fully saturated rings. The van der Waals surface area contributed by atoms with Crippen molar-refractivity contribution in [3.8, 4) is 5.75 Å². The largest absolute Gasteiger partial charge is 0.492 e. The SMILES string of the molecule is COC(=O)c1ccc(OCCN(CC(O)c2cccc(Cl)c2)CC(O)c2csc(C(F)(F)F)n2)cc1. The minimum atomic E-state index is -4.59. The van der Waals surface area contributed by atoms with Crippen molar-refractivity contribution in [2.45, 2.75) is 18.4 Å². The fraction of sp³-hybridized carbons (Fsp3) is 0.333. The number of ether oxygens (including phenoxy) is 2. The number of thiazole rings is 1. The van der Waals surface area contributed by atoms with Crippen LogP contribution in [0.1, 0.15) is 38.8 Å². The maximum Gasteiger partial charge on any atom is 0.443 e. The van der Waals surface area contributed by atoms with Crippen LogP contribution in [-0.2, 0) is 10.9 Å². The maximum absolute atomic E-state index is 12.9. The summed E-state index contributed by atoms with van der Waals surface area (Å²) in [6.07, 6.45) is -6.89. The summed E-state index contributed by atoms with van der Waals surface area (Å²) >= 11 is 6.42. The van der Waals surface area contributed by atoms with Crippen LogP contribution in [0.15, 0.2) is 53.9 Å². The van der Waals surface area contributed by atoms with Crippen molar-refractivity contribution in [1.82, 2.24) is 9.88 Å². The van der Waals surface area contributed by atoms with E-state index in [1.165, 1.54) is 12.5 Å². The third-order valence-corrected chi connectivity index (χ3v) is 6.29. The number of carbonyl (C=O) groups is 1. The number of alkyl halides is 3. The summed E-state index contributed by atoms with van der Waals surface area (Å²) in [4.78, 5) is 16.7. The highest BCUT2D eigenvalue weighted by molar-refractivity contribution is 7.09. The zero-order chi connectivity index (χ0) is 26.3.